The van der Waals surface area contributed by atoms with Crippen LogP contribution in [-0.2, 0) is 9.47 Å². The predicted octanol–water partition coefficient (Wildman–Crippen LogP) is 2.89. The summed E-state index contributed by atoms with van der Waals surface area (Å²) >= 11 is 0. The van der Waals surface area contributed by atoms with Crippen LogP contribution < -0.4 is 20.1 Å². The maximum atomic E-state index is 5.83. The molecule has 8 heteroatoms. The van der Waals surface area contributed by atoms with Gasteiger partial charge in [-0.05, 0) is 57.8 Å². The fourth-order valence-electron chi connectivity index (χ4n) is 4.30. The Morgan fingerprint density at radius 1 is 1.12 bits per heavy atom. The maximum absolute atomic E-state index is 5.83. The number of fused-ring (bicyclic) bond motifs is 1. The first-order valence-electron chi connectivity index (χ1n) is 12.1. The van der Waals surface area contributed by atoms with Crippen molar-refractivity contribution in [1.29, 1.82) is 0 Å². The van der Waals surface area contributed by atoms with Gasteiger partial charge in [-0.3, -0.25) is 4.99 Å². The Morgan fingerprint density at radius 3 is 2.84 bits per heavy atom. The zero-order valence-corrected chi connectivity index (χ0v) is 19.3. The molecule has 2 unspecified atom stereocenters. The van der Waals surface area contributed by atoms with Crippen molar-refractivity contribution in [1.82, 2.24) is 10.2 Å². The second kappa shape index (κ2) is 12.3. The van der Waals surface area contributed by atoms with E-state index in [9.17, 15) is 0 Å². The third kappa shape index (κ3) is 6.98. The molecular weight excluding hydrogens is 408 g/mol. The van der Waals surface area contributed by atoms with Gasteiger partial charge < -0.3 is 34.5 Å². The lowest BCUT2D eigenvalue weighted by Crippen LogP contribution is -2.34. The molecule has 2 fully saturated rings. The Kier molecular flexibility index (Phi) is 8.88. The number of likely N-dealkylation sites (N-methyl/N-ethyl adjacent to an activating group) is 1. The number of rotatable bonds is 9. The summed E-state index contributed by atoms with van der Waals surface area (Å²) in [4.78, 5) is 7.28. The molecule has 178 valence electrons. The lowest BCUT2D eigenvalue weighted by molar-refractivity contribution is 0.0168. The Labute approximate surface area is 191 Å². The molecule has 32 heavy (non-hydrogen) atoms. The minimum atomic E-state index is 0.282. The first kappa shape index (κ1) is 23.1. The fourth-order valence-corrected chi connectivity index (χ4v) is 4.30. The Bertz CT molecular complexity index is 739. The number of aliphatic imine (C=N–C) groups is 1. The van der Waals surface area contributed by atoms with Crippen molar-refractivity contribution in [3.63, 3.8) is 0 Å². The highest BCUT2D eigenvalue weighted by Gasteiger charge is 2.20. The normalized spacial score (nSPS) is 23.8. The van der Waals surface area contributed by atoms with E-state index in [1.807, 2.05) is 18.2 Å². The molecule has 0 bridgehead atoms. The van der Waals surface area contributed by atoms with Crippen LogP contribution in [0.5, 0.6) is 11.5 Å². The molecule has 0 aliphatic carbocycles. The van der Waals surface area contributed by atoms with Crippen LogP contribution in [0.15, 0.2) is 23.2 Å². The molecule has 0 spiro atoms. The summed E-state index contributed by atoms with van der Waals surface area (Å²) in [5.74, 6) is 2.37. The zero-order valence-electron chi connectivity index (χ0n) is 19.3. The molecule has 0 aromatic heterocycles. The molecule has 2 atom stereocenters. The van der Waals surface area contributed by atoms with Crippen LogP contribution in [0.3, 0.4) is 0 Å². The molecule has 1 aromatic rings. The number of ether oxygens (including phenoxy) is 4. The molecule has 1 aromatic carbocycles. The topological polar surface area (TPSA) is 76.6 Å². The quantitative estimate of drug-likeness (QED) is 0.343. The second-order valence-corrected chi connectivity index (χ2v) is 8.79. The standard InChI is InChI=1S/C24H38N4O4/c1-28-11-2-6-20(28)17-26-24(25-10-4-12-29-18-21-7-3-13-30-21)27-19-8-9-22-23(16-19)32-15-5-14-31-22/h8-9,16,20-21H,2-7,10-15,17-18H2,1H3,(H2,25,26,27). The van der Waals surface area contributed by atoms with Gasteiger partial charge in [0.2, 0.25) is 0 Å². The van der Waals surface area contributed by atoms with Crippen molar-refractivity contribution in [3.05, 3.63) is 18.2 Å². The highest BCUT2D eigenvalue weighted by atomic mass is 16.5. The number of hydrogen-bond acceptors (Lipinski definition) is 6. The number of nitrogens with zero attached hydrogens (tertiary/aromatic N) is 2. The number of likely N-dealkylation sites (tertiary alicyclic amines) is 1. The highest BCUT2D eigenvalue weighted by Crippen LogP contribution is 2.32. The average molecular weight is 447 g/mol. The van der Waals surface area contributed by atoms with E-state index in [0.29, 0.717) is 25.9 Å². The summed E-state index contributed by atoms with van der Waals surface area (Å²) in [7, 11) is 2.18. The first-order chi connectivity index (χ1) is 15.8. The predicted molar refractivity (Wildman–Crippen MR) is 126 cm³/mol. The van der Waals surface area contributed by atoms with Gasteiger partial charge >= 0.3 is 0 Å². The number of guanidine groups is 1. The highest BCUT2D eigenvalue weighted by molar-refractivity contribution is 5.94. The Balaban J connectivity index is 1.29. The summed E-state index contributed by atoms with van der Waals surface area (Å²) in [5, 5.41) is 6.91. The minimum absolute atomic E-state index is 0.282. The van der Waals surface area contributed by atoms with E-state index in [2.05, 4.69) is 22.6 Å². The van der Waals surface area contributed by atoms with Crippen LogP contribution in [0, 0.1) is 0 Å². The smallest absolute Gasteiger partial charge is 0.195 e. The van der Waals surface area contributed by atoms with Crippen molar-refractivity contribution in [2.24, 2.45) is 4.99 Å². The molecule has 3 aliphatic heterocycles. The van der Waals surface area contributed by atoms with E-state index < -0.39 is 0 Å². The maximum Gasteiger partial charge on any atom is 0.195 e. The second-order valence-electron chi connectivity index (χ2n) is 8.79. The first-order valence-corrected chi connectivity index (χ1v) is 12.1. The van der Waals surface area contributed by atoms with E-state index in [-0.39, 0.29) is 6.10 Å². The summed E-state index contributed by atoms with van der Waals surface area (Å²) < 4.78 is 23.0. The molecule has 0 saturated carbocycles. The molecular formula is C24H38N4O4. The summed E-state index contributed by atoms with van der Waals surface area (Å²) in [6.07, 6.45) is 6.81. The SMILES string of the molecule is CN1CCCC1CN=C(NCCCOCC1CCCO1)Nc1ccc2c(c1)OCCCO2. The number of hydrogen-bond donors (Lipinski definition) is 2. The summed E-state index contributed by atoms with van der Waals surface area (Å²) in [5.41, 5.74) is 0.940. The number of nitrogens with one attached hydrogen (secondary N) is 2. The largest absolute Gasteiger partial charge is 0.490 e. The van der Waals surface area contributed by atoms with Gasteiger partial charge in [0.25, 0.3) is 0 Å². The Hall–Kier alpha value is -2.03. The number of benzene rings is 1. The van der Waals surface area contributed by atoms with Gasteiger partial charge in [-0.1, -0.05) is 0 Å². The number of anilines is 1. The molecule has 3 aliphatic rings. The van der Waals surface area contributed by atoms with Gasteiger partial charge in [0.1, 0.15) is 0 Å². The molecule has 2 N–H and O–H groups in total. The van der Waals surface area contributed by atoms with E-state index in [1.54, 1.807) is 0 Å². The summed E-state index contributed by atoms with van der Waals surface area (Å²) in [6, 6.07) is 6.47. The van der Waals surface area contributed by atoms with Crippen molar-refractivity contribution in [3.8, 4) is 11.5 Å². The van der Waals surface area contributed by atoms with E-state index >= 15 is 0 Å². The van der Waals surface area contributed by atoms with Crippen LogP contribution in [0.4, 0.5) is 5.69 Å². The lowest BCUT2D eigenvalue weighted by atomic mass is 10.2. The van der Waals surface area contributed by atoms with Crippen LogP contribution in [0.2, 0.25) is 0 Å². The van der Waals surface area contributed by atoms with Crippen LogP contribution in [0.1, 0.15) is 38.5 Å². The van der Waals surface area contributed by atoms with Crippen molar-refractivity contribution in [2.75, 3.05) is 65.0 Å². The average Bonchev–Trinajstić information content (AvgIpc) is 3.40. The van der Waals surface area contributed by atoms with E-state index in [4.69, 9.17) is 23.9 Å². The van der Waals surface area contributed by atoms with Crippen LogP contribution >= 0.6 is 0 Å². The van der Waals surface area contributed by atoms with Gasteiger partial charge in [0.15, 0.2) is 17.5 Å². The third-order valence-electron chi connectivity index (χ3n) is 6.23. The van der Waals surface area contributed by atoms with E-state index in [1.165, 1.54) is 12.8 Å². The van der Waals surface area contributed by atoms with Gasteiger partial charge in [-0.25, -0.2) is 0 Å². The molecule has 4 rings (SSSR count). The van der Waals surface area contributed by atoms with Gasteiger partial charge in [-0.2, -0.15) is 0 Å². The molecule has 0 radical (unpaired) electrons. The van der Waals surface area contributed by atoms with Crippen molar-refractivity contribution >= 4 is 11.6 Å². The minimum Gasteiger partial charge on any atom is -0.490 e. The molecule has 2 saturated heterocycles. The van der Waals surface area contributed by atoms with Gasteiger partial charge in [0.05, 0.1) is 32.5 Å². The molecule has 8 nitrogen and oxygen atoms in total. The summed E-state index contributed by atoms with van der Waals surface area (Å²) in [6.45, 7) is 6.39. The zero-order chi connectivity index (χ0) is 22.0. The molecule has 3 heterocycles. The van der Waals surface area contributed by atoms with Crippen molar-refractivity contribution < 1.29 is 18.9 Å². The monoisotopic (exact) mass is 446 g/mol. The molecule has 0 amide bonds. The third-order valence-corrected chi connectivity index (χ3v) is 6.23. The lowest BCUT2D eigenvalue weighted by Gasteiger charge is -2.19. The van der Waals surface area contributed by atoms with E-state index in [0.717, 1.165) is 81.7 Å². The van der Waals surface area contributed by atoms with Gasteiger partial charge in [-0.15, -0.1) is 0 Å². The van der Waals surface area contributed by atoms with Crippen molar-refractivity contribution in [2.45, 2.75) is 50.7 Å². The Morgan fingerprint density at radius 2 is 2.03 bits per heavy atom. The van der Waals surface area contributed by atoms with Crippen LogP contribution in [0.25, 0.3) is 0 Å². The fraction of sp³-hybridized carbons (Fsp3) is 0.708. The van der Waals surface area contributed by atoms with Crippen LogP contribution in [-0.4, -0.2) is 82.7 Å². The van der Waals surface area contributed by atoms with Gasteiger partial charge in [0, 0.05) is 44.0 Å².